The number of carbonyl (C=O) groups excluding carboxylic acids is 2. The molecule has 2 saturated heterocycles. The van der Waals surface area contributed by atoms with Gasteiger partial charge in [0.15, 0.2) is 23.8 Å². The first-order valence-electron chi connectivity index (χ1n) is 12.2. The number of nitrogen functional groups attached to an aromatic ring is 1. The molecule has 6 heterocycles. The van der Waals surface area contributed by atoms with Crippen molar-refractivity contribution in [3.05, 3.63) is 59.2 Å². The van der Waals surface area contributed by atoms with Crippen LogP contribution in [0.1, 0.15) is 54.6 Å². The number of carbonyl (C=O) groups is 2. The van der Waals surface area contributed by atoms with Crippen molar-refractivity contribution in [1.29, 1.82) is 0 Å². The fourth-order valence-electron chi connectivity index (χ4n) is 5.92. The number of nitroso groups, excluding NO2 is 1. The Balaban J connectivity index is 1.40. The number of aromatic nitrogens is 6. The van der Waals surface area contributed by atoms with Gasteiger partial charge in [-0.2, -0.15) is 19.6 Å². The van der Waals surface area contributed by atoms with Crippen LogP contribution in [0, 0.1) is 4.91 Å². The van der Waals surface area contributed by atoms with Crippen LogP contribution in [0.2, 0.25) is 0 Å². The van der Waals surface area contributed by atoms with Gasteiger partial charge < -0.3 is 10.6 Å². The number of pyridine rings is 1. The molecule has 12 nitrogen and oxygen atoms in total. The molecule has 2 N–H and O–H groups in total. The minimum atomic E-state index is -0.347. The van der Waals surface area contributed by atoms with Gasteiger partial charge in [0.05, 0.1) is 17.5 Å². The largest absolute Gasteiger partial charge is 0.383 e. The van der Waals surface area contributed by atoms with Gasteiger partial charge in [0, 0.05) is 47.7 Å². The van der Waals surface area contributed by atoms with Gasteiger partial charge in [-0.05, 0) is 50.8 Å². The van der Waals surface area contributed by atoms with E-state index in [1.807, 2.05) is 29.3 Å². The van der Waals surface area contributed by atoms with Gasteiger partial charge >= 0.3 is 0 Å². The molecule has 188 valence electrons. The number of nitrogens with two attached hydrogens (primary N) is 1. The Morgan fingerprint density at radius 1 is 1.14 bits per heavy atom. The lowest BCUT2D eigenvalue weighted by molar-refractivity contribution is -0.134. The van der Waals surface area contributed by atoms with E-state index in [0.717, 1.165) is 24.0 Å². The Bertz CT molecular complexity index is 1500. The van der Waals surface area contributed by atoms with Gasteiger partial charge in [-0.15, -0.1) is 0 Å². The summed E-state index contributed by atoms with van der Waals surface area (Å²) in [6.45, 7) is 1.13. The maximum absolute atomic E-state index is 12.7. The predicted molar refractivity (Wildman–Crippen MR) is 134 cm³/mol. The Labute approximate surface area is 211 Å². The Morgan fingerprint density at radius 3 is 2.54 bits per heavy atom. The van der Waals surface area contributed by atoms with Crippen molar-refractivity contribution in [2.24, 2.45) is 5.18 Å². The SMILES string of the molecule is CC(=O)c1c([C@@H]2CC3CC[C@@H](C2)N3C(=O)CN=O)nc2c(-c3ccc(-n4cccn4)nc3)cnn2c1N. The minimum absolute atomic E-state index is 0.0134. The number of amides is 1. The number of ketones is 1. The summed E-state index contributed by atoms with van der Waals surface area (Å²) in [6, 6.07) is 5.58. The number of piperidine rings is 1. The minimum Gasteiger partial charge on any atom is -0.383 e. The predicted octanol–water partition coefficient (Wildman–Crippen LogP) is 2.77. The van der Waals surface area contributed by atoms with E-state index in [2.05, 4.69) is 20.4 Å². The molecular weight excluding hydrogens is 474 g/mol. The monoisotopic (exact) mass is 499 g/mol. The second-order valence-electron chi connectivity index (χ2n) is 9.60. The standard InChI is InChI=1S/C25H25N9O3/c1-14(35)22-23(16-9-17-4-5-18(10-16)33(17)21(36)13-30-37)31-25-19(12-29-34(25)24(22)26)15-3-6-20(27-11-15)32-8-2-7-28-32/h2-3,6-8,11-12,16-18H,4-5,9-10,13,26H2,1H3/t16-,17-,18?/m0/s1. The molecule has 4 aromatic rings. The highest BCUT2D eigenvalue weighted by atomic mass is 16.3. The highest BCUT2D eigenvalue weighted by Gasteiger charge is 2.44. The lowest BCUT2D eigenvalue weighted by atomic mass is 9.85. The first-order chi connectivity index (χ1) is 18.0. The van der Waals surface area contributed by atoms with Gasteiger partial charge in [0.2, 0.25) is 5.91 Å². The van der Waals surface area contributed by atoms with E-state index in [9.17, 15) is 14.5 Å². The fourth-order valence-corrected chi connectivity index (χ4v) is 5.92. The number of hydrogen-bond acceptors (Lipinski definition) is 9. The molecule has 3 atom stereocenters. The number of fused-ring (bicyclic) bond motifs is 3. The van der Waals surface area contributed by atoms with Crippen LogP contribution in [-0.2, 0) is 4.79 Å². The van der Waals surface area contributed by atoms with Crippen molar-refractivity contribution in [2.45, 2.75) is 50.6 Å². The maximum Gasteiger partial charge on any atom is 0.248 e. The van der Waals surface area contributed by atoms with E-state index in [4.69, 9.17) is 10.7 Å². The zero-order chi connectivity index (χ0) is 25.7. The van der Waals surface area contributed by atoms with E-state index in [0.29, 0.717) is 35.6 Å². The van der Waals surface area contributed by atoms with Crippen molar-refractivity contribution in [3.8, 4) is 16.9 Å². The Morgan fingerprint density at radius 2 is 1.92 bits per heavy atom. The lowest BCUT2D eigenvalue weighted by Gasteiger charge is -2.39. The lowest BCUT2D eigenvalue weighted by Crippen LogP contribution is -2.47. The summed E-state index contributed by atoms with van der Waals surface area (Å²) >= 11 is 0. The second-order valence-corrected chi connectivity index (χ2v) is 9.60. The molecule has 2 aliphatic rings. The van der Waals surface area contributed by atoms with Crippen LogP contribution < -0.4 is 5.73 Å². The molecule has 0 saturated carbocycles. The van der Waals surface area contributed by atoms with Crippen LogP contribution in [0.4, 0.5) is 5.82 Å². The van der Waals surface area contributed by atoms with E-state index >= 15 is 0 Å². The van der Waals surface area contributed by atoms with Crippen LogP contribution in [0.3, 0.4) is 0 Å². The van der Waals surface area contributed by atoms with Crippen molar-refractivity contribution in [3.63, 3.8) is 0 Å². The van der Waals surface area contributed by atoms with E-state index in [1.165, 1.54) is 11.4 Å². The second kappa shape index (κ2) is 8.87. The number of hydrogen-bond donors (Lipinski definition) is 1. The summed E-state index contributed by atoms with van der Waals surface area (Å²) < 4.78 is 3.17. The first-order valence-corrected chi connectivity index (χ1v) is 12.2. The normalized spacial score (nSPS) is 20.9. The maximum atomic E-state index is 12.7. The average molecular weight is 500 g/mol. The Kier molecular flexibility index (Phi) is 5.50. The van der Waals surface area contributed by atoms with Gasteiger partial charge in [-0.1, -0.05) is 5.18 Å². The molecule has 1 unspecified atom stereocenters. The summed E-state index contributed by atoms with van der Waals surface area (Å²) in [5.41, 5.74) is 9.61. The van der Waals surface area contributed by atoms with Crippen LogP contribution in [0.15, 0.2) is 48.2 Å². The van der Waals surface area contributed by atoms with Crippen LogP contribution in [0.5, 0.6) is 0 Å². The van der Waals surface area contributed by atoms with Gasteiger partial charge in [-0.25, -0.2) is 14.6 Å². The van der Waals surface area contributed by atoms with Crippen LogP contribution in [0.25, 0.3) is 22.6 Å². The zero-order valence-electron chi connectivity index (χ0n) is 20.2. The Hall–Kier alpha value is -4.48. The topological polar surface area (TPSA) is 154 Å². The van der Waals surface area contributed by atoms with E-state index < -0.39 is 0 Å². The summed E-state index contributed by atoms with van der Waals surface area (Å²) in [5, 5.41) is 11.4. The summed E-state index contributed by atoms with van der Waals surface area (Å²) in [6.07, 6.45) is 9.91. The molecule has 2 bridgehead atoms. The molecule has 0 aromatic carbocycles. The first kappa shape index (κ1) is 23.0. The fraction of sp³-hybridized carbons (Fsp3) is 0.360. The number of anilines is 1. The summed E-state index contributed by atoms with van der Waals surface area (Å²) in [4.78, 5) is 47.2. The molecule has 2 fully saturated rings. The molecule has 1 amide bonds. The van der Waals surface area contributed by atoms with Crippen LogP contribution in [-0.4, -0.2) is 64.6 Å². The third-order valence-corrected chi connectivity index (χ3v) is 7.47. The van der Waals surface area contributed by atoms with Gasteiger partial charge in [0.1, 0.15) is 5.82 Å². The van der Waals surface area contributed by atoms with Gasteiger partial charge in [0.25, 0.3) is 0 Å². The van der Waals surface area contributed by atoms with Crippen molar-refractivity contribution >= 4 is 23.2 Å². The molecular formula is C25H25N9O3. The number of nitrogens with zero attached hydrogens (tertiary/aromatic N) is 8. The highest BCUT2D eigenvalue weighted by Crippen LogP contribution is 2.44. The third kappa shape index (κ3) is 3.76. The zero-order valence-corrected chi connectivity index (χ0v) is 20.2. The molecule has 2 aliphatic heterocycles. The molecule has 4 aromatic heterocycles. The summed E-state index contributed by atoms with van der Waals surface area (Å²) in [5.74, 6) is 0.453. The molecule has 6 rings (SSSR count). The molecule has 0 radical (unpaired) electrons. The number of rotatable bonds is 6. The average Bonchev–Trinajstić information content (AvgIpc) is 3.62. The van der Waals surface area contributed by atoms with E-state index in [1.54, 1.807) is 23.3 Å². The van der Waals surface area contributed by atoms with E-state index in [-0.39, 0.29) is 42.1 Å². The number of Topliss-reactive ketones (excluding diaryl/α,β-unsaturated/α-hetero) is 1. The quantitative estimate of drug-likeness (QED) is 0.314. The molecule has 0 spiro atoms. The van der Waals surface area contributed by atoms with Gasteiger partial charge in [-0.3, -0.25) is 9.59 Å². The third-order valence-electron chi connectivity index (χ3n) is 7.47. The summed E-state index contributed by atoms with van der Waals surface area (Å²) in [7, 11) is 0. The van der Waals surface area contributed by atoms with Crippen molar-refractivity contribution in [2.75, 3.05) is 12.3 Å². The van der Waals surface area contributed by atoms with Crippen molar-refractivity contribution < 1.29 is 9.59 Å². The highest BCUT2D eigenvalue weighted by molar-refractivity contribution is 6.00. The van der Waals surface area contributed by atoms with Crippen molar-refractivity contribution in [1.82, 2.24) is 34.3 Å². The molecule has 0 aliphatic carbocycles. The van der Waals surface area contributed by atoms with Crippen LogP contribution >= 0.6 is 0 Å². The smallest absolute Gasteiger partial charge is 0.248 e. The molecule has 37 heavy (non-hydrogen) atoms. The molecule has 12 heteroatoms.